The van der Waals surface area contributed by atoms with Crippen molar-refractivity contribution in [3.05, 3.63) is 57.3 Å². The van der Waals surface area contributed by atoms with E-state index in [0.717, 1.165) is 0 Å². The van der Waals surface area contributed by atoms with Crippen molar-refractivity contribution in [2.24, 2.45) is 5.73 Å². The van der Waals surface area contributed by atoms with Gasteiger partial charge in [0.2, 0.25) is 0 Å². The van der Waals surface area contributed by atoms with E-state index in [1.165, 1.54) is 31.4 Å². The molecule has 0 aliphatic carbocycles. The van der Waals surface area contributed by atoms with Crippen LogP contribution in [0.2, 0.25) is 10.0 Å². The largest absolute Gasteiger partial charge is 0.493 e. The molecule has 2 aromatic carbocycles. The Bertz CT molecular complexity index is 813. The van der Waals surface area contributed by atoms with E-state index in [-0.39, 0.29) is 44.4 Å². The molecule has 0 radical (unpaired) electrons. The summed E-state index contributed by atoms with van der Waals surface area (Å²) in [5.41, 5.74) is 5.62. The van der Waals surface area contributed by atoms with Gasteiger partial charge in [-0.05, 0) is 36.5 Å². The number of ether oxygens (including phenoxy) is 2. The lowest BCUT2D eigenvalue weighted by molar-refractivity contribution is 0.0977. The summed E-state index contributed by atoms with van der Waals surface area (Å²) in [5, 5.41) is 2.43. The van der Waals surface area contributed by atoms with Crippen LogP contribution in [0.1, 0.15) is 15.9 Å². The van der Waals surface area contributed by atoms with Crippen molar-refractivity contribution < 1.29 is 18.7 Å². The van der Waals surface area contributed by atoms with Gasteiger partial charge in [0.15, 0.2) is 16.6 Å². The first-order valence-corrected chi connectivity index (χ1v) is 8.04. The van der Waals surface area contributed by atoms with E-state index in [2.05, 4.69) is 17.5 Å². The number of hydrogen-bond acceptors (Lipinski definition) is 4. The van der Waals surface area contributed by atoms with Crippen LogP contribution in [-0.4, -0.2) is 18.1 Å². The van der Waals surface area contributed by atoms with E-state index in [9.17, 15) is 9.18 Å². The second-order valence-electron chi connectivity index (χ2n) is 4.80. The van der Waals surface area contributed by atoms with E-state index in [0.29, 0.717) is 0 Å². The fourth-order valence-electron chi connectivity index (χ4n) is 1.99. The average Bonchev–Trinajstić information content (AvgIpc) is 2.54. The Morgan fingerprint density at radius 3 is 2.64 bits per heavy atom. The van der Waals surface area contributed by atoms with Gasteiger partial charge in [0, 0.05) is 11.1 Å². The van der Waals surface area contributed by atoms with Crippen molar-refractivity contribution in [3.63, 3.8) is 0 Å². The highest BCUT2D eigenvalue weighted by Gasteiger charge is 2.17. The molecule has 2 rings (SSSR count). The van der Waals surface area contributed by atoms with Crippen LogP contribution in [0.3, 0.4) is 0 Å². The smallest absolute Gasteiger partial charge is 0.257 e. The molecule has 0 unspecified atom stereocenters. The van der Waals surface area contributed by atoms with Crippen molar-refractivity contribution in [3.8, 4) is 11.5 Å². The molecule has 0 aliphatic heterocycles. The zero-order valence-electron chi connectivity index (χ0n) is 12.9. The van der Waals surface area contributed by atoms with E-state index in [1.54, 1.807) is 6.07 Å². The standard InChI is InChI=1S/C16H13Cl2FN2O3S/c1-23-13-6-8(15(22)21-16(20)25)5-11(18)14(13)24-7-9-10(17)3-2-4-12(9)19/h2-6H,7H2,1H3,(H3,20,21,22,25). The number of carbonyl (C=O) groups excluding carboxylic acids is 1. The minimum atomic E-state index is -0.545. The van der Waals surface area contributed by atoms with E-state index in [1.807, 2.05) is 0 Å². The zero-order valence-corrected chi connectivity index (χ0v) is 15.3. The zero-order chi connectivity index (χ0) is 18.6. The number of nitrogens with one attached hydrogen (secondary N) is 1. The maximum Gasteiger partial charge on any atom is 0.257 e. The number of benzene rings is 2. The SMILES string of the molecule is COc1cc(C(=O)NC(N)=S)cc(Cl)c1OCc1c(F)cccc1Cl. The first-order valence-electron chi connectivity index (χ1n) is 6.87. The van der Waals surface area contributed by atoms with E-state index in [4.69, 9.17) is 38.4 Å². The second kappa shape index (κ2) is 8.33. The first-order chi connectivity index (χ1) is 11.8. The van der Waals surface area contributed by atoms with E-state index < -0.39 is 11.7 Å². The molecule has 1 amide bonds. The molecular formula is C16H13Cl2FN2O3S. The fourth-order valence-corrected chi connectivity index (χ4v) is 2.57. The summed E-state index contributed by atoms with van der Waals surface area (Å²) in [4.78, 5) is 12.0. The summed E-state index contributed by atoms with van der Waals surface area (Å²) in [6.07, 6.45) is 0. The number of methoxy groups -OCH3 is 1. The van der Waals surface area contributed by atoms with E-state index >= 15 is 0 Å². The van der Waals surface area contributed by atoms with Crippen LogP contribution >= 0.6 is 35.4 Å². The third-order valence-corrected chi connectivity index (χ3v) is 3.89. The summed E-state index contributed by atoms with van der Waals surface area (Å²) in [6.45, 7) is -0.167. The van der Waals surface area contributed by atoms with Crippen LogP contribution in [0, 0.1) is 5.82 Å². The van der Waals surface area contributed by atoms with Gasteiger partial charge in [0.05, 0.1) is 17.2 Å². The molecule has 3 N–H and O–H groups in total. The van der Waals surface area contributed by atoms with Gasteiger partial charge < -0.3 is 15.2 Å². The highest BCUT2D eigenvalue weighted by atomic mass is 35.5. The van der Waals surface area contributed by atoms with Crippen LogP contribution in [0.4, 0.5) is 4.39 Å². The number of hydrogen-bond donors (Lipinski definition) is 2. The number of carbonyl (C=O) groups is 1. The molecular weight excluding hydrogens is 390 g/mol. The predicted molar refractivity (Wildman–Crippen MR) is 98.0 cm³/mol. The van der Waals surface area contributed by atoms with Crippen molar-refractivity contribution in [2.45, 2.75) is 6.61 Å². The Balaban J connectivity index is 2.29. The molecule has 0 aromatic heterocycles. The molecule has 0 bridgehead atoms. The van der Waals surface area contributed by atoms with Crippen LogP contribution in [0.5, 0.6) is 11.5 Å². The molecule has 9 heteroatoms. The van der Waals surface area contributed by atoms with Gasteiger partial charge in [-0.1, -0.05) is 29.3 Å². The lowest BCUT2D eigenvalue weighted by Crippen LogP contribution is -2.34. The highest BCUT2D eigenvalue weighted by Crippen LogP contribution is 2.37. The summed E-state index contributed by atoms with van der Waals surface area (Å²) in [7, 11) is 1.38. The molecule has 132 valence electrons. The topological polar surface area (TPSA) is 73.6 Å². The molecule has 0 heterocycles. The molecule has 0 saturated heterocycles. The summed E-state index contributed by atoms with van der Waals surface area (Å²) in [6, 6.07) is 7.07. The van der Waals surface area contributed by atoms with Crippen molar-refractivity contribution in [1.82, 2.24) is 5.32 Å². The molecule has 2 aromatic rings. The lowest BCUT2D eigenvalue weighted by Gasteiger charge is -2.15. The monoisotopic (exact) mass is 402 g/mol. The normalized spacial score (nSPS) is 10.2. The number of rotatable bonds is 5. The van der Waals surface area contributed by atoms with Gasteiger partial charge in [0.25, 0.3) is 5.91 Å². The summed E-state index contributed by atoms with van der Waals surface area (Å²) >= 11 is 16.7. The molecule has 0 aliphatic rings. The third-order valence-electron chi connectivity index (χ3n) is 3.15. The second-order valence-corrected chi connectivity index (χ2v) is 6.05. The van der Waals surface area contributed by atoms with Crippen LogP contribution in [-0.2, 0) is 6.61 Å². The fraction of sp³-hybridized carbons (Fsp3) is 0.125. The Morgan fingerprint density at radius 1 is 1.32 bits per heavy atom. The molecule has 0 fully saturated rings. The Labute approximate surface area is 158 Å². The van der Waals surface area contributed by atoms with Crippen LogP contribution in [0.15, 0.2) is 30.3 Å². The van der Waals surface area contributed by atoms with Gasteiger partial charge in [-0.3, -0.25) is 10.1 Å². The number of halogens is 3. The Kier molecular flexibility index (Phi) is 6.41. The Morgan fingerprint density at radius 2 is 2.04 bits per heavy atom. The number of thiocarbonyl (C=S) groups is 1. The number of nitrogens with two attached hydrogens (primary N) is 1. The maximum atomic E-state index is 13.8. The van der Waals surface area contributed by atoms with Crippen LogP contribution < -0.4 is 20.5 Å². The molecule has 5 nitrogen and oxygen atoms in total. The molecule has 0 atom stereocenters. The summed E-state index contributed by atoms with van der Waals surface area (Å²) in [5.74, 6) is -0.713. The third kappa shape index (κ3) is 4.72. The van der Waals surface area contributed by atoms with Crippen molar-refractivity contribution >= 4 is 46.4 Å². The van der Waals surface area contributed by atoms with Crippen molar-refractivity contribution in [2.75, 3.05) is 7.11 Å². The van der Waals surface area contributed by atoms with Gasteiger partial charge in [-0.2, -0.15) is 0 Å². The maximum absolute atomic E-state index is 13.8. The van der Waals surface area contributed by atoms with Crippen molar-refractivity contribution in [1.29, 1.82) is 0 Å². The predicted octanol–water partition coefficient (Wildman–Crippen LogP) is 3.69. The van der Waals surface area contributed by atoms with Gasteiger partial charge in [0.1, 0.15) is 12.4 Å². The average molecular weight is 403 g/mol. The van der Waals surface area contributed by atoms with Gasteiger partial charge in [-0.15, -0.1) is 0 Å². The quantitative estimate of drug-likeness (QED) is 0.745. The Hall–Kier alpha value is -2.09. The number of amides is 1. The van der Waals surface area contributed by atoms with Gasteiger partial charge in [-0.25, -0.2) is 4.39 Å². The summed E-state index contributed by atoms with van der Waals surface area (Å²) < 4.78 is 24.6. The van der Waals surface area contributed by atoms with Crippen LogP contribution in [0.25, 0.3) is 0 Å². The first kappa shape index (κ1) is 19.2. The highest BCUT2D eigenvalue weighted by molar-refractivity contribution is 7.80. The minimum Gasteiger partial charge on any atom is -0.493 e. The molecule has 0 saturated carbocycles. The molecule has 0 spiro atoms. The molecule has 25 heavy (non-hydrogen) atoms. The van der Waals surface area contributed by atoms with Gasteiger partial charge >= 0.3 is 0 Å². The lowest BCUT2D eigenvalue weighted by atomic mass is 10.2. The minimum absolute atomic E-state index is 0.0971.